The zero-order valence-electron chi connectivity index (χ0n) is 15.3. The van der Waals surface area contributed by atoms with Crippen molar-refractivity contribution >= 4 is 53.7 Å². The van der Waals surface area contributed by atoms with Gasteiger partial charge in [-0.2, -0.15) is 0 Å². The second-order valence-electron chi connectivity index (χ2n) is 6.90. The Balaban J connectivity index is 1.81. The van der Waals surface area contributed by atoms with E-state index in [9.17, 15) is 4.79 Å². The van der Waals surface area contributed by atoms with Crippen molar-refractivity contribution in [2.75, 3.05) is 0 Å². The monoisotopic (exact) mass is 503 g/mol. The Hall–Kier alpha value is -2.69. The predicted octanol–water partition coefficient (Wildman–Crippen LogP) is 7.34. The molecule has 1 aromatic heterocycles. The van der Waals surface area contributed by atoms with Crippen LogP contribution in [0.25, 0.3) is 38.6 Å². The van der Waals surface area contributed by atoms with Gasteiger partial charge in [-0.25, -0.2) is 0 Å². The van der Waals surface area contributed by atoms with Crippen LogP contribution in [0.15, 0.2) is 105 Å². The van der Waals surface area contributed by atoms with Gasteiger partial charge in [-0.15, -0.1) is 0 Å². The lowest BCUT2D eigenvalue weighted by molar-refractivity contribution is 1.16. The summed E-state index contributed by atoms with van der Waals surface area (Å²) in [5.41, 5.74) is 5.18. The minimum atomic E-state index is 0.0368. The van der Waals surface area contributed by atoms with E-state index in [0.29, 0.717) is 10.8 Å². The van der Waals surface area contributed by atoms with Crippen molar-refractivity contribution in [3.05, 3.63) is 110 Å². The van der Waals surface area contributed by atoms with Gasteiger partial charge in [0.1, 0.15) is 0 Å². The SMILES string of the molecule is O=c1c2cc(Br)ccc2n(-c2ccc(-c3ccccc3)cc2)c2ccc(Br)cc12. The number of hydrogen-bond donors (Lipinski definition) is 0. The van der Waals surface area contributed by atoms with Gasteiger partial charge < -0.3 is 4.57 Å². The number of rotatable bonds is 2. The summed E-state index contributed by atoms with van der Waals surface area (Å²) < 4.78 is 3.93. The topological polar surface area (TPSA) is 22.0 Å². The minimum Gasteiger partial charge on any atom is -0.309 e. The average molecular weight is 505 g/mol. The van der Waals surface area contributed by atoms with E-state index in [1.54, 1.807) is 0 Å². The van der Waals surface area contributed by atoms with E-state index in [0.717, 1.165) is 31.2 Å². The van der Waals surface area contributed by atoms with Crippen LogP contribution in [0.1, 0.15) is 0 Å². The van der Waals surface area contributed by atoms with Gasteiger partial charge in [0, 0.05) is 25.4 Å². The minimum absolute atomic E-state index is 0.0368. The maximum Gasteiger partial charge on any atom is 0.197 e. The molecular formula is C25H15Br2NO. The van der Waals surface area contributed by atoms with Crippen molar-refractivity contribution in [2.24, 2.45) is 0 Å². The van der Waals surface area contributed by atoms with Crippen LogP contribution < -0.4 is 5.43 Å². The van der Waals surface area contributed by atoms with Gasteiger partial charge >= 0.3 is 0 Å². The van der Waals surface area contributed by atoms with Gasteiger partial charge in [0.05, 0.1) is 11.0 Å². The van der Waals surface area contributed by atoms with Crippen LogP contribution >= 0.6 is 31.9 Å². The van der Waals surface area contributed by atoms with Gasteiger partial charge in [-0.1, -0.05) is 74.3 Å². The van der Waals surface area contributed by atoms with Crippen LogP contribution in [-0.2, 0) is 0 Å². The molecule has 5 aromatic rings. The highest BCUT2D eigenvalue weighted by Crippen LogP contribution is 2.29. The van der Waals surface area contributed by atoms with Crippen LogP contribution in [0, 0.1) is 0 Å². The molecule has 4 aromatic carbocycles. The fourth-order valence-corrected chi connectivity index (χ4v) is 4.48. The van der Waals surface area contributed by atoms with Crippen molar-refractivity contribution in [1.29, 1.82) is 0 Å². The van der Waals surface area contributed by atoms with E-state index in [-0.39, 0.29) is 5.43 Å². The normalized spacial score (nSPS) is 11.2. The summed E-state index contributed by atoms with van der Waals surface area (Å²) >= 11 is 7.01. The molecule has 0 spiro atoms. The second kappa shape index (κ2) is 7.29. The third-order valence-electron chi connectivity index (χ3n) is 5.12. The first-order valence-electron chi connectivity index (χ1n) is 9.21. The number of pyridine rings is 1. The third kappa shape index (κ3) is 3.22. The summed E-state index contributed by atoms with van der Waals surface area (Å²) in [5.74, 6) is 0. The van der Waals surface area contributed by atoms with Crippen molar-refractivity contribution < 1.29 is 0 Å². The Bertz CT molecular complexity index is 1360. The maximum absolute atomic E-state index is 13.2. The first kappa shape index (κ1) is 18.3. The van der Waals surface area contributed by atoms with Crippen LogP contribution in [-0.4, -0.2) is 4.57 Å². The second-order valence-corrected chi connectivity index (χ2v) is 8.73. The molecule has 0 N–H and O–H groups in total. The molecule has 4 heteroatoms. The van der Waals surface area contributed by atoms with Crippen LogP contribution in [0.3, 0.4) is 0 Å². The lowest BCUT2D eigenvalue weighted by Crippen LogP contribution is -2.10. The fraction of sp³-hybridized carbons (Fsp3) is 0. The summed E-state index contributed by atoms with van der Waals surface area (Å²) in [7, 11) is 0. The third-order valence-corrected chi connectivity index (χ3v) is 6.11. The van der Waals surface area contributed by atoms with Crippen LogP contribution in [0.4, 0.5) is 0 Å². The summed E-state index contributed by atoms with van der Waals surface area (Å²) in [6.45, 7) is 0. The van der Waals surface area contributed by atoms with Crippen molar-refractivity contribution in [1.82, 2.24) is 4.57 Å². The molecule has 140 valence electrons. The molecule has 0 unspecified atom stereocenters. The Kier molecular flexibility index (Phi) is 4.61. The molecule has 0 fully saturated rings. The van der Waals surface area contributed by atoms with Gasteiger partial charge in [0.25, 0.3) is 0 Å². The molecule has 5 rings (SSSR count). The quantitative estimate of drug-likeness (QED) is 0.230. The number of fused-ring (bicyclic) bond motifs is 2. The van der Waals surface area contributed by atoms with E-state index < -0.39 is 0 Å². The Morgan fingerprint density at radius 3 is 1.66 bits per heavy atom. The van der Waals surface area contributed by atoms with Crippen molar-refractivity contribution in [3.8, 4) is 16.8 Å². The lowest BCUT2D eigenvalue weighted by Gasteiger charge is -2.16. The zero-order valence-corrected chi connectivity index (χ0v) is 18.4. The molecule has 1 heterocycles. The molecule has 2 nitrogen and oxygen atoms in total. The van der Waals surface area contributed by atoms with Gasteiger partial charge in [0.15, 0.2) is 5.43 Å². The van der Waals surface area contributed by atoms with E-state index in [1.807, 2.05) is 54.6 Å². The molecular weight excluding hydrogens is 490 g/mol. The first-order valence-corrected chi connectivity index (χ1v) is 10.8. The molecule has 29 heavy (non-hydrogen) atoms. The van der Waals surface area contributed by atoms with Gasteiger partial charge in [0.2, 0.25) is 0 Å². The molecule has 0 radical (unpaired) electrons. The summed E-state index contributed by atoms with van der Waals surface area (Å²) in [6, 6.07) is 30.5. The first-order chi connectivity index (χ1) is 14.1. The summed E-state index contributed by atoms with van der Waals surface area (Å²) in [4.78, 5) is 13.2. The molecule has 0 amide bonds. The molecule has 0 saturated heterocycles. The largest absolute Gasteiger partial charge is 0.309 e. The molecule has 0 aliphatic rings. The van der Waals surface area contributed by atoms with E-state index in [1.165, 1.54) is 5.56 Å². The fourth-order valence-electron chi connectivity index (χ4n) is 3.76. The number of hydrogen-bond acceptors (Lipinski definition) is 1. The number of nitrogens with zero attached hydrogens (tertiary/aromatic N) is 1. The Morgan fingerprint density at radius 2 is 1.10 bits per heavy atom. The molecule has 0 saturated carbocycles. The predicted molar refractivity (Wildman–Crippen MR) is 128 cm³/mol. The van der Waals surface area contributed by atoms with Gasteiger partial charge in [-0.05, 0) is 59.7 Å². The Labute approximate surface area is 184 Å². The molecule has 0 aliphatic heterocycles. The smallest absolute Gasteiger partial charge is 0.197 e. The molecule has 0 atom stereocenters. The number of halogens is 2. The Morgan fingerprint density at radius 1 is 0.586 bits per heavy atom. The van der Waals surface area contributed by atoms with Gasteiger partial charge in [-0.3, -0.25) is 4.79 Å². The summed E-state index contributed by atoms with van der Waals surface area (Å²) in [5, 5.41) is 1.38. The van der Waals surface area contributed by atoms with Crippen LogP contribution in [0.5, 0.6) is 0 Å². The van der Waals surface area contributed by atoms with E-state index in [4.69, 9.17) is 0 Å². The van der Waals surface area contributed by atoms with Crippen molar-refractivity contribution in [3.63, 3.8) is 0 Å². The highest BCUT2D eigenvalue weighted by molar-refractivity contribution is 9.10. The zero-order chi connectivity index (χ0) is 20.0. The van der Waals surface area contributed by atoms with Crippen LogP contribution in [0.2, 0.25) is 0 Å². The lowest BCUT2D eigenvalue weighted by atomic mass is 10.0. The average Bonchev–Trinajstić information content (AvgIpc) is 2.76. The molecule has 0 bridgehead atoms. The van der Waals surface area contributed by atoms with E-state index >= 15 is 0 Å². The highest BCUT2D eigenvalue weighted by atomic mass is 79.9. The molecule has 0 aliphatic carbocycles. The number of benzene rings is 4. The highest BCUT2D eigenvalue weighted by Gasteiger charge is 2.13. The van der Waals surface area contributed by atoms with Crippen molar-refractivity contribution in [2.45, 2.75) is 0 Å². The summed E-state index contributed by atoms with van der Waals surface area (Å²) in [6.07, 6.45) is 0. The number of aromatic nitrogens is 1. The van der Waals surface area contributed by atoms with E-state index in [2.05, 4.69) is 72.8 Å². The maximum atomic E-state index is 13.2. The standard InChI is InChI=1S/C25H15Br2NO/c26-18-8-12-23-21(14-18)25(29)22-15-19(27)9-13-24(22)28(23)20-10-6-17(7-11-20)16-4-2-1-3-5-16/h1-15H.